The SMILES string of the molecule is CC(CO)NC=O. The molecule has 3 nitrogen and oxygen atoms in total. The topological polar surface area (TPSA) is 49.3 Å². The van der Waals surface area contributed by atoms with Gasteiger partial charge in [-0.2, -0.15) is 0 Å². The van der Waals surface area contributed by atoms with Crippen molar-refractivity contribution in [2.45, 2.75) is 13.0 Å². The van der Waals surface area contributed by atoms with Gasteiger partial charge >= 0.3 is 0 Å². The molecular weight excluding hydrogens is 94.0 g/mol. The molecule has 0 radical (unpaired) electrons. The largest absolute Gasteiger partial charge is 0.394 e. The first-order chi connectivity index (χ1) is 3.31. The molecule has 0 aromatic carbocycles. The highest BCUT2D eigenvalue weighted by Gasteiger charge is 1.91. The van der Waals surface area contributed by atoms with Crippen molar-refractivity contribution in [2.75, 3.05) is 6.61 Å². The molecule has 0 bridgehead atoms. The summed E-state index contributed by atoms with van der Waals surface area (Å²) in [6.07, 6.45) is 0.570. The second kappa shape index (κ2) is 3.61. The van der Waals surface area contributed by atoms with Crippen LogP contribution in [0.1, 0.15) is 6.92 Å². The number of aliphatic hydroxyl groups excluding tert-OH is 1. The second-order valence-corrected chi connectivity index (χ2v) is 1.37. The van der Waals surface area contributed by atoms with E-state index in [1.54, 1.807) is 6.92 Å². The highest BCUT2D eigenvalue weighted by Crippen LogP contribution is 1.70. The summed E-state index contributed by atoms with van der Waals surface area (Å²) < 4.78 is 0. The summed E-state index contributed by atoms with van der Waals surface area (Å²) >= 11 is 0. The molecule has 0 aliphatic rings. The Hall–Kier alpha value is -0.570. The van der Waals surface area contributed by atoms with Crippen LogP contribution in [-0.2, 0) is 4.79 Å². The Morgan fingerprint density at radius 2 is 2.57 bits per heavy atom. The van der Waals surface area contributed by atoms with Crippen LogP contribution >= 0.6 is 0 Å². The van der Waals surface area contributed by atoms with E-state index in [0.717, 1.165) is 0 Å². The van der Waals surface area contributed by atoms with Crippen LogP contribution in [0.2, 0.25) is 0 Å². The van der Waals surface area contributed by atoms with Gasteiger partial charge in [-0.05, 0) is 6.92 Å². The summed E-state index contributed by atoms with van der Waals surface area (Å²) in [4.78, 5) is 9.55. The molecule has 1 amide bonds. The Balaban J connectivity index is 2.98. The van der Waals surface area contributed by atoms with Crippen molar-refractivity contribution in [3.63, 3.8) is 0 Å². The number of aliphatic hydroxyl groups is 1. The highest BCUT2D eigenvalue weighted by molar-refractivity contribution is 5.46. The van der Waals surface area contributed by atoms with Crippen molar-refractivity contribution >= 4 is 6.41 Å². The standard InChI is InChI=1S/C4H9NO2/c1-4(2-6)5-3-7/h3-4,6H,2H2,1H3,(H,5,7). The van der Waals surface area contributed by atoms with Crippen LogP contribution in [0.25, 0.3) is 0 Å². The molecule has 0 aromatic rings. The van der Waals surface area contributed by atoms with Crippen molar-refractivity contribution in [1.29, 1.82) is 0 Å². The minimum absolute atomic E-state index is 0.00125. The summed E-state index contributed by atoms with van der Waals surface area (Å²) in [7, 11) is 0. The fraction of sp³-hybridized carbons (Fsp3) is 0.750. The van der Waals surface area contributed by atoms with E-state index >= 15 is 0 Å². The van der Waals surface area contributed by atoms with E-state index in [4.69, 9.17) is 5.11 Å². The average Bonchev–Trinajstić information content (AvgIpc) is 1.68. The van der Waals surface area contributed by atoms with Gasteiger partial charge in [0.1, 0.15) is 0 Å². The number of nitrogens with one attached hydrogen (secondary N) is 1. The predicted molar refractivity (Wildman–Crippen MR) is 25.7 cm³/mol. The molecule has 0 aliphatic heterocycles. The maximum atomic E-state index is 9.55. The molecule has 0 fully saturated rings. The minimum Gasteiger partial charge on any atom is -0.394 e. The van der Waals surface area contributed by atoms with Crippen LogP contribution in [0.3, 0.4) is 0 Å². The van der Waals surface area contributed by atoms with Gasteiger partial charge in [0.25, 0.3) is 0 Å². The highest BCUT2D eigenvalue weighted by atomic mass is 16.3. The van der Waals surface area contributed by atoms with E-state index in [9.17, 15) is 4.79 Å². The van der Waals surface area contributed by atoms with Gasteiger partial charge in [-0.15, -0.1) is 0 Å². The molecule has 2 N–H and O–H groups in total. The summed E-state index contributed by atoms with van der Waals surface area (Å²) in [5.41, 5.74) is 0. The zero-order valence-electron chi connectivity index (χ0n) is 4.22. The second-order valence-electron chi connectivity index (χ2n) is 1.37. The zero-order chi connectivity index (χ0) is 5.70. The first kappa shape index (κ1) is 6.43. The smallest absolute Gasteiger partial charge is 0.207 e. The fourth-order valence-electron chi connectivity index (χ4n) is 0.169. The number of rotatable bonds is 3. The van der Waals surface area contributed by atoms with E-state index in [0.29, 0.717) is 6.41 Å². The summed E-state index contributed by atoms with van der Waals surface area (Å²) in [5.74, 6) is 0. The fourth-order valence-corrected chi connectivity index (χ4v) is 0.169. The molecule has 0 aliphatic carbocycles. The third-order valence-electron chi connectivity index (χ3n) is 0.626. The molecule has 0 aromatic heterocycles. The lowest BCUT2D eigenvalue weighted by atomic mass is 10.4. The molecule has 1 unspecified atom stereocenters. The van der Waals surface area contributed by atoms with Crippen molar-refractivity contribution < 1.29 is 9.90 Å². The predicted octanol–water partition coefficient (Wildman–Crippen LogP) is -0.887. The number of carbonyl (C=O) groups is 1. The van der Waals surface area contributed by atoms with Gasteiger partial charge in [-0.25, -0.2) is 0 Å². The molecular formula is C4H9NO2. The van der Waals surface area contributed by atoms with E-state index in [-0.39, 0.29) is 12.6 Å². The van der Waals surface area contributed by atoms with Crippen LogP contribution in [0.4, 0.5) is 0 Å². The molecule has 0 saturated carbocycles. The average molecular weight is 103 g/mol. The summed E-state index contributed by atoms with van der Waals surface area (Å²) in [6.45, 7) is 1.72. The van der Waals surface area contributed by atoms with Crippen LogP contribution in [0.15, 0.2) is 0 Å². The van der Waals surface area contributed by atoms with Crippen molar-refractivity contribution in [3.8, 4) is 0 Å². The molecule has 0 spiro atoms. The Labute approximate surface area is 42.3 Å². The molecule has 0 heterocycles. The molecule has 42 valence electrons. The Kier molecular flexibility index (Phi) is 3.32. The third kappa shape index (κ3) is 3.26. The van der Waals surface area contributed by atoms with Gasteiger partial charge in [0.15, 0.2) is 0 Å². The summed E-state index contributed by atoms with van der Waals surface area (Å²) in [6, 6.07) is -0.113. The van der Waals surface area contributed by atoms with Gasteiger partial charge in [-0.3, -0.25) is 4.79 Å². The van der Waals surface area contributed by atoms with Gasteiger partial charge in [0, 0.05) is 6.04 Å². The van der Waals surface area contributed by atoms with Crippen molar-refractivity contribution in [2.24, 2.45) is 0 Å². The van der Waals surface area contributed by atoms with E-state index in [2.05, 4.69) is 5.32 Å². The van der Waals surface area contributed by atoms with E-state index < -0.39 is 0 Å². The number of amides is 1. The van der Waals surface area contributed by atoms with Crippen LogP contribution in [0.5, 0.6) is 0 Å². The van der Waals surface area contributed by atoms with Gasteiger partial charge in [0.05, 0.1) is 6.61 Å². The third-order valence-corrected chi connectivity index (χ3v) is 0.626. The van der Waals surface area contributed by atoms with Crippen molar-refractivity contribution in [3.05, 3.63) is 0 Å². The van der Waals surface area contributed by atoms with Gasteiger partial charge in [0.2, 0.25) is 6.41 Å². The van der Waals surface area contributed by atoms with E-state index in [1.807, 2.05) is 0 Å². The number of carbonyl (C=O) groups excluding carboxylic acids is 1. The molecule has 0 saturated heterocycles. The lowest BCUT2D eigenvalue weighted by Gasteiger charge is -2.01. The zero-order valence-corrected chi connectivity index (χ0v) is 4.22. The maximum absolute atomic E-state index is 9.55. The van der Waals surface area contributed by atoms with Crippen LogP contribution in [0, 0.1) is 0 Å². The Bertz CT molecular complexity index is 55.7. The first-order valence-corrected chi connectivity index (χ1v) is 2.11. The Morgan fingerprint density at radius 1 is 2.00 bits per heavy atom. The maximum Gasteiger partial charge on any atom is 0.207 e. The molecule has 7 heavy (non-hydrogen) atoms. The lowest BCUT2D eigenvalue weighted by molar-refractivity contribution is -0.110. The van der Waals surface area contributed by atoms with Crippen molar-refractivity contribution in [1.82, 2.24) is 5.32 Å². The first-order valence-electron chi connectivity index (χ1n) is 2.11. The number of hydrogen-bond acceptors (Lipinski definition) is 2. The monoisotopic (exact) mass is 103 g/mol. The van der Waals surface area contributed by atoms with Gasteiger partial charge in [-0.1, -0.05) is 0 Å². The summed E-state index contributed by atoms with van der Waals surface area (Å²) in [5, 5.41) is 10.6. The minimum atomic E-state index is -0.113. The van der Waals surface area contributed by atoms with E-state index in [1.165, 1.54) is 0 Å². The lowest BCUT2D eigenvalue weighted by Crippen LogP contribution is -2.27. The van der Waals surface area contributed by atoms with Gasteiger partial charge < -0.3 is 10.4 Å². The van der Waals surface area contributed by atoms with Crippen LogP contribution < -0.4 is 5.32 Å². The molecule has 3 heteroatoms. The molecule has 1 atom stereocenters. The Morgan fingerprint density at radius 3 is 2.71 bits per heavy atom. The molecule has 0 rings (SSSR count). The van der Waals surface area contributed by atoms with Crippen LogP contribution in [-0.4, -0.2) is 24.2 Å². The quantitative estimate of drug-likeness (QED) is 0.455. The number of hydrogen-bond donors (Lipinski definition) is 2. The normalized spacial score (nSPS) is 12.9.